The normalized spacial score (nSPS) is 23.3. The molecule has 0 spiro atoms. The zero-order valence-electron chi connectivity index (χ0n) is 12.0. The summed E-state index contributed by atoms with van der Waals surface area (Å²) in [4.78, 5) is 18.4. The maximum Gasteiger partial charge on any atom is 0.239 e. The molecule has 1 saturated carbocycles. The number of hydrogen-bond donors (Lipinski definition) is 1. The first-order valence-corrected chi connectivity index (χ1v) is 7.83. The number of carbonyl (C=O) groups is 1. The van der Waals surface area contributed by atoms with Crippen molar-refractivity contribution in [2.75, 3.05) is 13.1 Å². The van der Waals surface area contributed by atoms with Gasteiger partial charge in [-0.2, -0.15) is 0 Å². The first-order valence-electron chi connectivity index (χ1n) is 7.83. The van der Waals surface area contributed by atoms with Gasteiger partial charge in [0.05, 0.1) is 12.4 Å². The molecule has 1 amide bonds. The van der Waals surface area contributed by atoms with Gasteiger partial charge in [-0.25, -0.2) is 4.98 Å². The molecule has 2 heterocycles. The number of hydrogen-bond acceptors (Lipinski definition) is 3. The molecular formula is C15H24N4O. The lowest BCUT2D eigenvalue weighted by molar-refractivity contribution is -0.136. The molecule has 1 aromatic heterocycles. The molecule has 5 nitrogen and oxygen atoms in total. The second kappa shape index (κ2) is 6.39. The molecule has 5 heteroatoms. The summed E-state index contributed by atoms with van der Waals surface area (Å²) in [7, 11) is 0. The van der Waals surface area contributed by atoms with Crippen molar-refractivity contribution in [2.24, 2.45) is 0 Å². The fraction of sp³-hybridized carbons (Fsp3) is 0.733. The van der Waals surface area contributed by atoms with Gasteiger partial charge >= 0.3 is 0 Å². The third-order valence-electron chi connectivity index (χ3n) is 4.20. The van der Waals surface area contributed by atoms with Crippen LogP contribution in [0, 0.1) is 0 Å². The zero-order chi connectivity index (χ0) is 13.8. The highest BCUT2D eigenvalue weighted by Crippen LogP contribution is 2.22. The minimum atomic E-state index is 0.0879. The summed E-state index contributed by atoms with van der Waals surface area (Å²) in [5.74, 6) is 0.325. The van der Waals surface area contributed by atoms with Crippen LogP contribution in [0.25, 0.3) is 0 Å². The summed E-state index contributed by atoms with van der Waals surface area (Å²) in [6.07, 6.45) is 12.5. The number of carbonyl (C=O) groups excluding carboxylic acids is 1. The fourth-order valence-corrected chi connectivity index (χ4v) is 2.87. The van der Waals surface area contributed by atoms with E-state index in [2.05, 4.69) is 19.8 Å². The summed E-state index contributed by atoms with van der Waals surface area (Å²) < 4.78 is 2.09. The molecule has 2 aliphatic rings. The molecule has 0 bridgehead atoms. The number of aromatic nitrogens is 2. The minimum absolute atomic E-state index is 0.0879. The van der Waals surface area contributed by atoms with E-state index in [0.29, 0.717) is 11.9 Å². The van der Waals surface area contributed by atoms with Crippen LogP contribution < -0.4 is 5.32 Å². The highest BCUT2D eigenvalue weighted by atomic mass is 16.2. The number of unbranched alkanes of at least 4 members (excludes halogenated alkanes) is 1. The van der Waals surface area contributed by atoms with Crippen LogP contribution in [-0.4, -0.2) is 45.5 Å². The van der Waals surface area contributed by atoms with Crippen molar-refractivity contribution < 1.29 is 4.79 Å². The van der Waals surface area contributed by atoms with E-state index in [9.17, 15) is 4.79 Å². The van der Waals surface area contributed by atoms with E-state index in [4.69, 9.17) is 0 Å². The summed E-state index contributed by atoms with van der Waals surface area (Å²) in [6.45, 7) is 2.83. The van der Waals surface area contributed by atoms with Gasteiger partial charge in [0.1, 0.15) is 0 Å². The van der Waals surface area contributed by atoms with Crippen LogP contribution in [0.4, 0.5) is 0 Å². The van der Waals surface area contributed by atoms with Crippen molar-refractivity contribution >= 4 is 5.91 Å². The van der Waals surface area contributed by atoms with E-state index in [1.54, 1.807) is 0 Å². The molecule has 1 aromatic rings. The Balaban J connectivity index is 1.38. The molecule has 20 heavy (non-hydrogen) atoms. The molecule has 1 unspecified atom stereocenters. The molecule has 0 radical (unpaired) electrons. The number of nitrogens with one attached hydrogen (secondary N) is 1. The number of aryl methyl sites for hydroxylation is 1. The van der Waals surface area contributed by atoms with Gasteiger partial charge in [0, 0.05) is 38.1 Å². The lowest BCUT2D eigenvalue weighted by atomic mass is 10.0. The predicted molar refractivity (Wildman–Crippen MR) is 77.2 cm³/mol. The predicted octanol–water partition coefficient (Wildman–Crippen LogP) is 1.41. The average Bonchev–Trinajstić information content (AvgIpc) is 3.11. The monoisotopic (exact) mass is 276 g/mol. The van der Waals surface area contributed by atoms with Crippen molar-refractivity contribution in [2.45, 2.75) is 57.2 Å². The molecule has 1 atom stereocenters. The van der Waals surface area contributed by atoms with Crippen molar-refractivity contribution in [3.63, 3.8) is 0 Å². The highest BCUT2D eigenvalue weighted by Gasteiger charge is 2.32. The van der Waals surface area contributed by atoms with Crippen molar-refractivity contribution in [1.82, 2.24) is 19.8 Å². The highest BCUT2D eigenvalue weighted by molar-refractivity contribution is 5.82. The van der Waals surface area contributed by atoms with Gasteiger partial charge in [-0.05, 0) is 38.5 Å². The van der Waals surface area contributed by atoms with Crippen LogP contribution in [0.2, 0.25) is 0 Å². The topological polar surface area (TPSA) is 50.2 Å². The van der Waals surface area contributed by atoms with E-state index in [1.807, 2.05) is 18.7 Å². The molecule has 1 aliphatic heterocycles. The standard InChI is InChI=1S/C15H24N4O/c20-15-14(17-13-5-6-13)4-3-10-19(15)9-2-1-8-18-11-7-16-12-18/h7,11-14,17H,1-6,8-10H2. The lowest BCUT2D eigenvalue weighted by Gasteiger charge is -2.33. The van der Waals surface area contributed by atoms with Gasteiger partial charge in [-0.1, -0.05) is 0 Å². The number of nitrogens with zero attached hydrogens (tertiary/aromatic N) is 3. The number of imidazole rings is 1. The number of piperidine rings is 1. The Morgan fingerprint density at radius 3 is 2.85 bits per heavy atom. The molecular weight excluding hydrogens is 252 g/mol. The lowest BCUT2D eigenvalue weighted by Crippen LogP contribution is -2.51. The zero-order valence-corrected chi connectivity index (χ0v) is 12.0. The van der Waals surface area contributed by atoms with Crippen molar-refractivity contribution in [1.29, 1.82) is 0 Å². The van der Waals surface area contributed by atoms with Gasteiger partial charge < -0.3 is 14.8 Å². The molecule has 2 fully saturated rings. The molecule has 0 aromatic carbocycles. The summed E-state index contributed by atoms with van der Waals surface area (Å²) in [5, 5.41) is 3.48. The van der Waals surface area contributed by atoms with Crippen molar-refractivity contribution in [3.8, 4) is 0 Å². The fourth-order valence-electron chi connectivity index (χ4n) is 2.87. The molecule has 1 saturated heterocycles. The van der Waals surface area contributed by atoms with Gasteiger partial charge in [0.2, 0.25) is 5.91 Å². The van der Waals surface area contributed by atoms with Gasteiger partial charge in [-0.3, -0.25) is 4.79 Å². The molecule has 1 aliphatic carbocycles. The first kappa shape index (κ1) is 13.6. The Morgan fingerprint density at radius 2 is 2.10 bits per heavy atom. The maximum absolute atomic E-state index is 12.4. The number of amides is 1. The van der Waals surface area contributed by atoms with Crippen LogP contribution >= 0.6 is 0 Å². The molecule has 3 rings (SSSR count). The van der Waals surface area contributed by atoms with Crippen LogP contribution in [-0.2, 0) is 11.3 Å². The van der Waals surface area contributed by atoms with Crippen molar-refractivity contribution in [3.05, 3.63) is 18.7 Å². The summed E-state index contributed by atoms with van der Waals surface area (Å²) in [6, 6.07) is 0.704. The van der Waals surface area contributed by atoms with Crippen LogP contribution in [0.5, 0.6) is 0 Å². The van der Waals surface area contributed by atoms with E-state index in [0.717, 1.165) is 45.3 Å². The third-order valence-corrected chi connectivity index (χ3v) is 4.20. The number of rotatable bonds is 7. The Morgan fingerprint density at radius 1 is 1.25 bits per heavy atom. The average molecular weight is 276 g/mol. The Kier molecular flexibility index (Phi) is 4.35. The second-order valence-electron chi connectivity index (χ2n) is 5.97. The van der Waals surface area contributed by atoms with Gasteiger partial charge in [0.15, 0.2) is 0 Å². The summed E-state index contributed by atoms with van der Waals surface area (Å²) in [5.41, 5.74) is 0. The Bertz CT molecular complexity index is 427. The van der Waals surface area contributed by atoms with Crippen LogP contribution in [0.15, 0.2) is 18.7 Å². The molecule has 110 valence electrons. The third kappa shape index (κ3) is 3.60. The largest absolute Gasteiger partial charge is 0.341 e. The van der Waals surface area contributed by atoms with E-state index >= 15 is 0 Å². The minimum Gasteiger partial charge on any atom is -0.341 e. The SMILES string of the molecule is O=C1C(NC2CC2)CCCN1CCCCn1ccnc1. The number of likely N-dealkylation sites (tertiary alicyclic amines) is 1. The first-order chi connectivity index (χ1) is 9.83. The van der Waals surface area contributed by atoms with Gasteiger partial charge in [-0.15, -0.1) is 0 Å². The van der Waals surface area contributed by atoms with Crippen LogP contribution in [0.3, 0.4) is 0 Å². The second-order valence-corrected chi connectivity index (χ2v) is 5.97. The van der Waals surface area contributed by atoms with E-state index < -0.39 is 0 Å². The Labute approximate surface area is 120 Å². The maximum atomic E-state index is 12.4. The van der Waals surface area contributed by atoms with E-state index in [-0.39, 0.29) is 6.04 Å². The van der Waals surface area contributed by atoms with Gasteiger partial charge in [0.25, 0.3) is 0 Å². The smallest absolute Gasteiger partial charge is 0.239 e. The van der Waals surface area contributed by atoms with E-state index in [1.165, 1.54) is 12.8 Å². The van der Waals surface area contributed by atoms with Crippen LogP contribution in [0.1, 0.15) is 38.5 Å². The quantitative estimate of drug-likeness (QED) is 0.766. The molecule has 1 N–H and O–H groups in total. The summed E-state index contributed by atoms with van der Waals surface area (Å²) >= 11 is 0. The Hall–Kier alpha value is -1.36.